The molecule has 0 radical (unpaired) electrons. The van der Waals surface area contributed by atoms with Crippen molar-refractivity contribution >= 4 is 17.9 Å². The lowest BCUT2D eigenvalue weighted by Gasteiger charge is -2.38. The molecule has 0 bridgehead atoms. The van der Waals surface area contributed by atoms with Gasteiger partial charge in [-0.3, -0.25) is 14.4 Å². The van der Waals surface area contributed by atoms with Crippen molar-refractivity contribution in [3.8, 4) is 0 Å². The normalized spacial score (nSPS) is 30.3. The molecule has 1 aliphatic rings. The van der Waals surface area contributed by atoms with Gasteiger partial charge in [-0.25, -0.2) is 0 Å². The van der Waals surface area contributed by atoms with Crippen LogP contribution in [-0.4, -0.2) is 54.2 Å². The molecule has 0 saturated carbocycles. The van der Waals surface area contributed by atoms with E-state index in [1.165, 1.54) is 0 Å². The van der Waals surface area contributed by atoms with Gasteiger partial charge < -0.3 is 24.1 Å². The Labute approximate surface area is 109 Å². The zero-order valence-corrected chi connectivity index (χ0v) is 10.8. The Kier molecular flexibility index (Phi) is 5.25. The van der Waals surface area contributed by atoms with Gasteiger partial charge in [0, 0.05) is 20.8 Å². The second-order valence-corrected chi connectivity index (χ2v) is 4.03. The van der Waals surface area contributed by atoms with Gasteiger partial charge in [0.1, 0.15) is 6.10 Å². The molecule has 4 atom stereocenters. The van der Waals surface area contributed by atoms with E-state index in [0.29, 0.717) is 0 Å². The SMILES string of the molecule is CC(=O)OC1OC[C@@H](O)[C@@H](OC(C)=O)[C@H]1OC(C)=O. The van der Waals surface area contributed by atoms with Crippen LogP contribution in [0.25, 0.3) is 0 Å². The minimum Gasteiger partial charge on any atom is -0.455 e. The van der Waals surface area contributed by atoms with Crippen molar-refractivity contribution in [2.75, 3.05) is 6.61 Å². The Hall–Kier alpha value is -1.67. The van der Waals surface area contributed by atoms with Gasteiger partial charge in [-0.05, 0) is 0 Å². The number of carbonyl (C=O) groups excluding carboxylic acids is 3. The Balaban J connectivity index is 2.89. The van der Waals surface area contributed by atoms with Gasteiger partial charge in [0.2, 0.25) is 12.4 Å². The van der Waals surface area contributed by atoms with Crippen LogP contribution in [0.4, 0.5) is 0 Å². The lowest BCUT2D eigenvalue weighted by Crippen LogP contribution is -2.57. The molecule has 1 aliphatic heterocycles. The molecule has 1 saturated heterocycles. The zero-order chi connectivity index (χ0) is 14.6. The van der Waals surface area contributed by atoms with Gasteiger partial charge in [0.15, 0.2) is 6.10 Å². The third-order valence-corrected chi connectivity index (χ3v) is 2.29. The van der Waals surface area contributed by atoms with Crippen molar-refractivity contribution in [2.24, 2.45) is 0 Å². The molecular weight excluding hydrogens is 260 g/mol. The van der Waals surface area contributed by atoms with Gasteiger partial charge in [0.05, 0.1) is 6.61 Å². The van der Waals surface area contributed by atoms with E-state index in [-0.39, 0.29) is 6.61 Å². The van der Waals surface area contributed by atoms with Gasteiger partial charge in [0.25, 0.3) is 0 Å². The summed E-state index contributed by atoms with van der Waals surface area (Å²) in [5.74, 6) is -2.00. The molecule has 0 spiro atoms. The van der Waals surface area contributed by atoms with Crippen LogP contribution < -0.4 is 0 Å². The zero-order valence-electron chi connectivity index (χ0n) is 10.8. The first kappa shape index (κ1) is 15.4. The number of rotatable bonds is 3. The molecule has 108 valence electrons. The van der Waals surface area contributed by atoms with Crippen LogP contribution >= 0.6 is 0 Å². The third-order valence-electron chi connectivity index (χ3n) is 2.29. The fourth-order valence-electron chi connectivity index (χ4n) is 1.67. The van der Waals surface area contributed by atoms with Crippen molar-refractivity contribution in [1.82, 2.24) is 0 Å². The largest absolute Gasteiger partial charge is 0.455 e. The van der Waals surface area contributed by atoms with Crippen molar-refractivity contribution in [3.63, 3.8) is 0 Å². The van der Waals surface area contributed by atoms with Crippen LogP contribution in [0.5, 0.6) is 0 Å². The average molecular weight is 276 g/mol. The summed E-state index contributed by atoms with van der Waals surface area (Å²) in [6.45, 7) is 3.22. The number of hydrogen-bond donors (Lipinski definition) is 1. The van der Waals surface area contributed by atoms with Crippen LogP contribution in [0.3, 0.4) is 0 Å². The topological polar surface area (TPSA) is 108 Å². The lowest BCUT2D eigenvalue weighted by atomic mass is 10.0. The molecule has 0 aromatic heterocycles. The minimum absolute atomic E-state index is 0.215. The second kappa shape index (κ2) is 6.48. The van der Waals surface area contributed by atoms with Crippen LogP contribution in [0.15, 0.2) is 0 Å². The molecule has 0 aromatic rings. The molecule has 1 heterocycles. The third kappa shape index (κ3) is 4.49. The van der Waals surface area contributed by atoms with E-state index in [1.54, 1.807) is 0 Å². The van der Waals surface area contributed by atoms with Crippen LogP contribution in [0, 0.1) is 0 Å². The van der Waals surface area contributed by atoms with Gasteiger partial charge >= 0.3 is 17.9 Å². The molecular formula is C11H16O8. The number of aliphatic hydroxyl groups is 1. The van der Waals surface area contributed by atoms with Crippen LogP contribution in [-0.2, 0) is 33.3 Å². The first-order valence-electron chi connectivity index (χ1n) is 5.62. The number of ether oxygens (including phenoxy) is 4. The van der Waals surface area contributed by atoms with Crippen molar-refractivity contribution in [2.45, 2.75) is 45.4 Å². The fraction of sp³-hybridized carbons (Fsp3) is 0.727. The highest BCUT2D eigenvalue weighted by atomic mass is 16.7. The van der Waals surface area contributed by atoms with E-state index in [4.69, 9.17) is 18.9 Å². The van der Waals surface area contributed by atoms with Crippen LogP contribution in [0.2, 0.25) is 0 Å². The summed E-state index contributed by atoms with van der Waals surface area (Å²) in [6, 6.07) is 0. The van der Waals surface area contributed by atoms with E-state index in [2.05, 4.69) is 0 Å². The molecule has 0 aliphatic carbocycles. The summed E-state index contributed by atoms with van der Waals surface area (Å²) in [5, 5.41) is 9.72. The van der Waals surface area contributed by atoms with E-state index < -0.39 is 42.5 Å². The number of carbonyl (C=O) groups is 3. The summed E-state index contributed by atoms with van der Waals surface area (Å²) in [7, 11) is 0. The minimum atomic E-state index is -1.23. The predicted octanol–water partition coefficient (Wildman–Crippen LogP) is -0.870. The number of hydrogen-bond acceptors (Lipinski definition) is 8. The molecule has 1 fully saturated rings. The van der Waals surface area contributed by atoms with Crippen molar-refractivity contribution in [3.05, 3.63) is 0 Å². The summed E-state index contributed by atoms with van der Waals surface area (Å²) in [4.78, 5) is 33.0. The Morgan fingerprint density at radius 3 is 1.89 bits per heavy atom. The maximum atomic E-state index is 11.0. The Morgan fingerprint density at radius 1 is 0.947 bits per heavy atom. The standard InChI is InChI=1S/C11H16O8/c1-5(12)17-9-8(15)4-16-11(19-7(3)14)10(9)18-6(2)13/h8-11,15H,4H2,1-3H3/t8-,9-,10-,11?/m1/s1. The van der Waals surface area contributed by atoms with E-state index in [0.717, 1.165) is 20.8 Å². The second-order valence-electron chi connectivity index (χ2n) is 4.03. The van der Waals surface area contributed by atoms with Gasteiger partial charge in [-0.15, -0.1) is 0 Å². The lowest BCUT2D eigenvalue weighted by molar-refractivity contribution is -0.271. The quantitative estimate of drug-likeness (QED) is 0.523. The first-order valence-corrected chi connectivity index (χ1v) is 5.62. The number of esters is 3. The van der Waals surface area contributed by atoms with E-state index >= 15 is 0 Å². The highest BCUT2D eigenvalue weighted by Crippen LogP contribution is 2.23. The summed E-state index contributed by atoms with van der Waals surface area (Å²) in [5.41, 5.74) is 0. The number of aliphatic hydroxyl groups excluding tert-OH is 1. The predicted molar refractivity (Wildman–Crippen MR) is 58.6 cm³/mol. The molecule has 0 aromatic carbocycles. The smallest absolute Gasteiger partial charge is 0.305 e. The fourth-order valence-corrected chi connectivity index (χ4v) is 1.67. The first-order chi connectivity index (χ1) is 8.81. The maximum absolute atomic E-state index is 11.0. The monoisotopic (exact) mass is 276 g/mol. The highest BCUT2D eigenvalue weighted by molar-refractivity contribution is 5.68. The van der Waals surface area contributed by atoms with Gasteiger partial charge in [-0.2, -0.15) is 0 Å². The van der Waals surface area contributed by atoms with Crippen LogP contribution in [0.1, 0.15) is 20.8 Å². The molecule has 0 amide bonds. The summed E-state index contributed by atoms with van der Waals surface area (Å²) < 4.78 is 19.7. The molecule has 8 nitrogen and oxygen atoms in total. The van der Waals surface area contributed by atoms with Gasteiger partial charge in [-0.1, -0.05) is 0 Å². The van der Waals surface area contributed by atoms with Crippen molar-refractivity contribution in [1.29, 1.82) is 0 Å². The highest BCUT2D eigenvalue weighted by Gasteiger charge is 2.46. The molecule has 1 N–H and O–H groups in total. The average Bonchev–Trinajstić information content (AvgIpc) is 2.25. The Bertz CT molecular complexity index is 366. The maximum Gasteiger partial charge on any atom is 0.305 e. The van der Waals surface area contributed by atoms with E-state index in [1.807, 2.05) is 0 Å². The van der Waals surface area contributed by atoms with E-state index in [9.17, 15) is 19.5 Å². The summed E-state index contributed by atoms with van der Waals surface area (Å²) >= 11 is 0. The molecule has 19 heavy (non-hydrogen) atoms. The summed E-state index contributed by atoms with van der Waals surface area (Å²) in [6.07, 6.45) is -4.78. The molecule has 8 heteroatoms. The Morgan fingerprint density at radius 2 is 1.42 bits per heavy atom. The molecule has 1 unspecified atom stereocenters. The molecule has 1 rings (SSSR count). The van der Waals surface area contributed by atoms with Crippen molar-refractivity contribution < 1.29 is 38.4 Å².